The average Bonchev–Trinajstić information content (AvgIpc) is 2.90. The van der Waals surface area contributed by atoms with Gasteiger partial charge in [-0.15, -0.1) is 0 Å². The monoisotopic (exact) mass is 244 g/mol. The molecule has 2 rings (SSSR count). The van der Waals surface area contributed by atoms with Crippen LogP contribution in [-0.2, 0) is 11.3 Å². The van der Waals surface area contributed by atoms with Crippen LogP contribution in [-0.4, -0.2) is 10.9 Å². The van der Waals surface area contributed by atoms with E-state index in [1.165, 1.54) is 6.08 Å². The fourth-order valence-electron chi connectivity index (χ4n) is 1.37. The first-order chi connectivity index (χ1) is 8.29. The molecule has 0 atom stereocenters. The van der Waals surface area contributed by atoms with E-state index in [-0.39, 0.29) is 5.91 Å². The molecule has 0 saturated carbocycles. The van der Waals surface area contributed by atoms with Crippen molar-refractivity contribution in [2.45, 2.75) is 6.54 Å². The third-order valence-electron chi connectivity index (χ3n) is 2.29. The predicted molar refractivity (Wildman–Crippen MR) is 69.6 cm³/mol. The Kier molecular flexibility index (Phi) is 3.67. The first-order valence-corrected chi connectivity index (χ1v) is 6.11. The summed E-state index contributed by atoms with van der Waals surface area (Å²) in [6, 6.07) is 5.95. The van der Waals surface area contributed by atoms with Gasteiger partial charge in [0.1, 0.15) is 0 Å². The number of aromatic nitrogens is 1. The summed E-state index contributed by atoms with van der Waals surface area (Å²) < 4.78 is 0. The molecule has 0 aliphatic rings. The number of pyridine rings is 1. The van der Waals surface area contributed by atoms with E-state index in [2.05, 4.69) is 22.3 Å². The quantitative estimate of drug-likeness (QED) is 0.840. The van der Waals surface area contributed by atoms with Crippen molar-refractivity contribution in [1.82, 2.24) is 10.3 Å². The van der Waals surface area contributed by atoms with Crippen molar-refractivity contribution in [2.75, 3.05) is 0 Å². The minimum absolute atomic E-state index is 0.174. The van der Waals surface area contributed by atoms with Gasteiger partial charge in [0.25, 0.3) is 0 Å². The van der Waals surface area contributed by atoms with Crippen molar-refractivity contribution in [3.05, 3.63) is 53.4 Å². The fraction of sp³-hybridized carbons (Fsp3) is 0.0769. The molecule has 2 aromatic heterocycles. The van der Waals surface area contributed by atoms with Crippen LogP contribution in [0, 0.1) is 0 Å². The fourth-order valence-corrected chi connectivity index (χ4v) is 2.02. The van der Waals surface area contributed by atoms with Gasteiger partial charge in [0.05, 0.1) is 5.69 Å². The topological polar surface area (TPSA) is 42.0 Å². The van der Waals surface area contributed by atoms with Gasteiger partial charge in [0.2, 0.25) is 5.91 Å². The largest absolute Gasteiger partial charge is 0.348 e. The summed E-state index contributed by atoms with van der Waals surface area (Å²) in [6.07, 6.45) is 3.03. The van der Waals surface area contributed by atoms with Crippen LogP contribution in [0.2, 0.25) is 0 Å². The molecule has 17 heavy (non-hydrogen) atoms. The summed E-state index contributed by atoms with van der Waals surface area (Å²) in [5.74, 6) is -0.174. The van der Waals surface area contributed by atoms with E-state index >= 15 is 0 Å². The number of hydrogen-bond donors (Lipinski definition) is 1. The Morgan fingerprint density at radius 2 is 2.35 bits per heavy atom. The smallest absolute Gasteiger partial charge is 0.243 e. The minimum atomic E-state index is -0.174. The number of nitrogens with one attached hydrogen (secondary N) is 1. The van der Waals surface area contributed by atoms with Crippen molar-refractivity contribution in [1.29, 1.82) is 0 Å². The highest BCUT2D eigenvalue weighted by Gasteiger charge is 2.00. The van der Waals surface area contributed by atoms with Crippen molar-refractivity contribution in [3.8, 4) is 11.3 Å². The van der Waals surface area contributed by atoms with Gasteiger partial charge in [-0.1, -0.05) is 12.6 Å². The minimum Gasteiger partial charge on any atom is -0.348 e. The first-order valence-electron chi connectivity index (χ1n) is 5.17. The van der Waals surface area contributed by atoms with E-state index in [0.29, 0.717) is 6.54 Å². The number of thiophene rings is 1. The lowest BCUT2D eigenvalue weighted by Gasteiger charge is -2.03. The number of nitrogens with zero attached hydrogens (tertiary/aromatic N) is 1. The van der Waals surface area contributed by atoms with Gasteiger partial charge < -0.3 is 5.32 Å². The van der Waals surface area contributed by atoms with Crippen LogP contribution in [0.25, 0.3) is 11.3 Å². The Labute approximate surface area is 104 Å². The van der Waals surface area contributed by atoms with Gasteiger partial charge in [-0.2, -0.15) is 11.3 Å². The molecule has 4 heteroatoms. The van der Waals surface area contributed by atoms with Gasteiger partial charge in [0.15, 0.2) is 0 Å². The summed E-state index contributed by atoms with van der Waals surface area (Å²) >= 11 is 1.65. The zero-order chi connectivity index (χ0) is 12.1. The molecule has 0 aliphatic carbocycles. The molecule has 1 amide bonds. The molecule has 2 heterocycles. The van der Waals surface area contributed by atoms with Crippen molar-refractivity contribution in [3.63, 3.8) is 0 Å². The Morgan fingerprint density at radius 3 is 2.94 bits per heavy atom. The Bertz CT molecular complexity index is 503. The van der Waals surface area contributed by atoms with Gasteiger partial charge >= 0.3 is 0 Å². The molecule has 1 N–H and O–H groups in total. The molecule has 0 aromatic carbocycles. The third-order valence-corrected chi connectivity index (χ3v) is 2.98. The number of carbonyl (C=O) groups is 1. The Morgan fingerprint density at radius 1 is 1.47 bits per heavy atom. The second kappa shape index (κ2) is 5.41. The van der Waals surface area contributed by atoms with Gasteiger partial charge in [-0.25, -0.2) is 0 Å². The van der Waals surface area contributed by atoms with Crippen LogP contribution in [0.1, 0.15) is 5.56 Å². The summed E-state index contributed by atoms with van der Waals surface area (Å²) in [7, 11) is 0. The third kappa shape index (κ3) is 3.01. The summed E-state index contributed by atoms with van der Waals surface area (Å²) in [5.41, 5.74) is 3.04. The Balaban J connectivity index is 2.03. The zero-order valence-electron chi connectivity index (χ0n) is 9.22. The van der Waals surface area contributed by atoms with E-state index in [4.69, 9.17) is 0 Å². The van der Waals surface area contributed by atoms with Crippen molar-refractivity contribution >= 4 is 17.2 Å². The van der Waals surface area contributed by atoms with E-state index in [9.17, 15) is 4.79 Å². The lowest BCUT2D eigenvalue weighted by molar-refractivity contribution is -0.116. The summed E-state index contributed by atoms with van der Waals surface area (Å²) in [4.78, 5) is 15.3. The number of hydrogen-bond acceptors (Lipinski definition) is 3. The zero-order valence-corrected chi connectivity index (χ0v) is 10.0. The van der Waals surface area contributed by atoms with E-state index in [1.807, 2.05) is 23.6 Å². The molecule has 0 spiro atoms. The van der Waals surface area contributed by atoms with Crippen LogP contribution in [0.4, 0.5) is 0 Å². The highest BCUT2D eigenvalue weighted by molar-refractivity contribution is 7.08. The molecule has 0 unspecified atom stereocenters. The maximum Gasteiger partial charge on any atom is 0.243 e. The molecular formula is C13H12N2OS. The molecule has 0 fully saturated rings. The number of rotatable bonds is 4. The summed E-state index contributed by atoms with van der Waals surface area (Å²) in [6.45, 7) is 3.87. The lowest BCUT2D eigenvalue weighted by Crippen LogP contribution is -2.19. The van der Waals surface area contributed by atoms with E-state index in [0.717, 1.165) is 16.8 Å². The second-order valence-electron chi connectivity index (χ2n) is 3.49. The summed E-state index contributed by atoms with van der Waals surface area (Å²) in [5, 5.41) is 6.79. The van der Waals surface area contributed by atoms with Gasteiger partial charge in [0, 0.05) is 23.7 Å². The lowest BCUT2D eigenvalue weighted by atomic mass is 10.2. The average molecular weight is 244 g/mol. The second-order valence-corrected chi connectivity index (χ2v) is 4.27. The number of amides is 1. The highest BCUT2D eigenvalue weighted by Crippen LogP contribution is 2.19. The van der Waals surface area contributed by atoms with Gasteiger partial charge in [-0.3, -0.25) is 9.78 Å². The van der Waals surface area contributed by atoms with E-state index < -0.39 is 0 Å². The molecule has 2 aromatic rings. The van der Waals surface area contributed by atoms with Crippen LogP contribution in [0.3, 0.4) is 0 Å². The predicted octanol–water partition coefficient (Wildman–Crippen LogP) is 2.61. The molecular weight excluding hydrogens is 232 g/mol. The van der Waals surface area contributed by atoms with Crippen molar-refractivity contribution < 1.29 is 4.79 Å². The SMILES string of the molecule is C=CC(=O)NCc1ccc(-c2ccsc2)nc1. The molecule has 0 saturated heterocycles. The van der Waals surface area contributed by atoms with Gasteiger partial charge in [-0.05, 0) is 29.2 Å². The maximum absolute atomic E-state index is 11.0. The Hall–Kier alpha value is -1.94. The first kappa shape index (κ1) is 11.5. The van der Waals surface area contributed by atoms with Crippen LogP contribution in [0.15, 0.2) is 47.8 Å². The molecule has 0 radical (unpaired) electrons. The maximum atomic E-state index is 11.0. The van der Waals surface area contributed by atoms with Crippen LogP contribution < -0.4 is 5.32 Å². The van der Waals surface area contributed by atoms with Crippen LogP contribution in [0.5, 0.6) is 0 Å². The normalized spacial score (nSPS) is 9.88. The molecule has 0 aliphatic heterocycles. The standard InChI is InChI=1S/C13H12N2OS/c1-2-13(16)15-8-10-3-4-12(14-7-10)11-5-6-17-9-11/h2-7,9H,1,8H2,(H,15,16). The van der Waals surface area contributed by atoms with Crippen LogP contribution >= 0.6 is 11.3 Å². The molecule has 3 nitrogen and oxygen atoms in total. The van der Waals surface area contributed by atoms with E-state index in [1.54, 1.807) is 17.5 Å². The highest BCUT2D eigenvalue weighted by atomic mass is 32.1. The number of carbonyl (C=O) groups excluding carboxylic acids is 1. The molecule has 86 valence electrons. The van der Waals surface area contributed by atoms with Crippen molar-refractivity contribution in [2.24, 2.45) is 0 Å². The molecule has 0 bridgehead atoms.